The maximum absolute atomic E-state index is 13.0. The highest BCUT2D eigenvalue weighted by molar-refractivity contribution is 5.77. The van der Waals surface area contributed by atoms with Gasteiger partial charge in [-0.05, 0) is 56.7 Å². The summed E-state index contributed by atoms with van der Waals surface area (Å²) in [4.78, 5) is 26.0. The van der Waals surface area contributed by atoms with Crippen LogP contribution in [0.15, 0.2) is 23.8 Å². The highest BCUT2D eigenvalue weighted by Crippen LogP contribution is 2.43. The van der Waals surface area contributed by atoms with Crippen LogP contribution in [-0.2, 0) is 53.9 Å². The van der Waals surface area contributed by atoms with Gasteiger partial charge in [0.15, 0.2) is 0 Å². The third-order valence-electron chi connectivity index (χ3n) is 7.41. The minimum Gasteiger partial charge on any atom is -0.424 e. The number of methoxy groups -OCH3 is 2. The van der Waals surface area contributed by atoms with E-state index in [2.05, 4.69) is 19.9 Å². The molecule has 0 aliphatic heterocycles. The molecule has 0 spiro atoms. The van der Waals surface area contributed by atoms with Gasteiger partial charge in [0.25, 0.3) is 0 Å². The average molecular weight is 683 g/mol. The van der Waals surface area contributed by atoms with Crippen LogP contribution in [0.4, 0.5) is 0 Å². The van der Waals surface area contributed by atoms with E-state index in [-0.39, 0.29) is 32.3 Å². The number of esters is 2. The van der Waals surface area contributed by atoms with Crippen molar-refractivity contribution in [3.63, 3.8) is 0 Å². The van der Waals surface area contributed by atoms with Crippen molar-refractivity contribution < 1.29 is 57.0 Å². The summed E-state index contributed by atoms with van der Waals surface area (Å²) in [5.74, 6) is -0.363. The van der Waals surface area contributed by atoms with Crippen molar-refractivity contribution in [2.45, 2.75) is 64.7 Å². The first-order valence-corrected chi connectivity index (χ1v) is 17.2. The van der Waals surface area contributed by atoms with Crippen molar-refractivity contribution in [2.75, 3.05) is 107 Å². The van der Waals surface area contributed by atoms with E-state index in [1.165, 1.54) is 5.57 Å². The molecule has 12 heteroatoms. The normalized spacial score (nSPS) is 14.6. The van der Waals surface area contributed by atoms with Crippen molar-refractivity contribution in [2.24, 2.45) is 0 Å². The molecule has 0 amide bonds. The number of rotatable bonds is 29. The van der Waals surface area contributed by atoms with Gasteiger partial charge in [-0.25, -0.2) is 9.59 Å². The molecule has 0 N–H and O–H groups in total. The lowest BCUT2D eigenvalue weighted by molar-refractivity contribution is -0.140. The molecule has 0 saturated heterocycles. The van der Waals surface area contributed by atoms with E-state index in [0.29, 0.717) is 83.1 Å². The lowest BCUT2D eigenvalue weighted by Crippen LogP contribution is -2.21. The number of hydrogen-bond donors (Lipinski definition) is 0. The molecule has 1 aromatic carbocycles. The zero-order valence-corrected chi connectivity index (χ0v) is 29.6. The smallest absolute Gasteiger partial charge is 0.337 e. The van der Waals surface area contributed by atoms with Crippen LogP contribution in [0.25, 0.3) is 0 Å². The number of aryl methyl sites for hydroxylation is 1. The maximum atomic E-state index is 13.0. The molecule has 12 nitrogen and oxygen atoms in total. The second-order valence-corrected chi connectivity index (χ2v) is 11.5. The van der Waals surface area contributed by atoms with Crippen LogP contribution < -0.4 is 9.47 Å². The summed E-state index contributed by atoms with van der Waals surface area (Å²) in [5.41, 5.74) is 2.86. The fourth-order valence-electron chi connectivity index (χ4n) is 5.03. The number of carbonyl (C=O) groups excluding carboxylic acids is 2. The van der Waals surface area contributed by atoms with Gasteiger partial charge in [0.2, 0.25) is 0 Å². The molecule has 48 heavy (non-hydrogen) atoms. The summed E-state index contributed by atoms with van der Waals surface area (Å²) < 4.78 is 54.5. The van der Waals surface area contributed by atoms with Gasteiger partial charge in [-0.1, -0.05) is 31.4 Å². The SMILES string of the molecule is CCCCCc1cc(OC(=O)COCCOCCOCCOC)c([C@@H]2C=C(C)CCC2)c(OC(=O)COCCOCCOCCOC)c1. The average Bonchev–Trinajstić information content (AvgIpc) is 3.06. The molecule has 0 heterocycles. The third-order valence-corrected chi connectivity index (χ3v) is 7.41. The number of benzene rings is 1. The van der Waals surface area contributed by atoms with E-state index in [1.54, 1.807) is 14.2 Å². The summed E-state index contributed by atoms with van der Waals surface area (Å²) in [6, 6.07) is 3.80. The van der Waals surface area contributed by atoms with Crippen LogP contribution in [0.5, 0.6) is 11.5 Å². The van der Waals surface area contributed by atoms with Gasteiger partial charge in [0, 0.05) is 25.7 Å². The van der Waals surface area contributed by atoms with E-state index < -0.39 is 11.9 Å². The van der Waals surface area contributed by atoms with Gasteiger partial charge in [0.05, 0.1) is 79.3 Å². The van der Waals surface area contributed by atoms with Crippen LogP contribution in [0.3, 0.4) is 0 Å². The number of carbonyl (C=O) groups is 2. The quantitative estimate of drug-likeness (QED) is 0.0497. The fraction of sp³-hybridized carbons (Fsp3) is 0.722. The predicted octanol–water partition coefficient (Wildman–Crippen LogP) is 4.84. The summed E-state index contributed by atoms with van der Waals surface area (Å²) in [6.07, 6.45) is 8.83. The number of ether oxygens (including phenoxy) is 10. The highest BCUT2D eigenvalue weighted by atomic mass is 16.6. The van der Waals surface area contributed by atoms with E-state index >= 15 is 0 Å². The molecular weight excluding hydrogens is 624 g/mol. The molecule has 0 fully saturated rings. The molecule has 274 valence electrons. The Bertz CT molecular complexity index is 985. The van der Waals surface area contributed by atoms with Crippen LogP contribution >= 0.6 is 0 Å². The van der Waals surface area contributed by atoms with Gasteiger partial charge < -0.3 is 47.4 Å². The second-order valence-electron chi connectivity index (χ2n) is 11.5. The maximum Gasteiger partial charge on any atom is 0.337 e. The first-order chi connectivity index (χ1) is 23.5. The van der Waals surface area contributed by atoms with Gasteiger partial charge in [-0.3, -0.25) is 0 Å². The third kappa shape index (κ3) is 18.9. The van der Waals surface area contributed by atoms with Gasteiger partial charge in [-0.15, -0.1) is 0 Å². The number of hydrogen-bond acceptors (Lipinski definition) is 12. The number of unbranched alkanes of at least 4 members (excludes halogenated alkanes) is 2. The first-order valence-electron chi connectivity index (χ1n) is 17.2. The Morgan fingerprint density at radius 3 is 1.56 bits per heavy atom. The zero-order chi connectivity index (χ0) is 34.7. The molecule has 1 aliphatic rings. The van der Waals surface area contributed by atoms with Crippen molar-refractivity contribution in [3.05, 3.63) is 34.9 Å². The van der Waals surface area contributed by atoms with E-state index in [0.717, 1.165) is 50.5 Å². The monoisotopic (exact) mass is 682 g/mol. The fourth-order valence-corrected chi connectivity index (χ4v) is 5.03. The molecule has 1 aromatic rings. The van der Waals surface area contributed by atoms with E-state index in [9.17, 15) is 9.59 Å². The summed E-state index contributed by atoms with van der Waals surface area (Å²) >= 11 is 0. The van der Waals surface area contributed by atoms with E-state index in [1.807, 2.05) is 12.1 Å². The molecule has 1 atom stereocenters. The van der Waals surface area contributed by atoms with Crippen molar-refractivity contribution in [3.8, 4) is 11.5 Å². The molecule has 0 radical (unpaired) electrons. The molecule has 0 saturated carbocycles. The van der Waals surface area contributed by atoms with Gasteiger partial charge >= 0.3 is 11.9 Å². The minimum atomic E-state index is -0.536. The van der Waals surface area contributed by atoms with E-state index in [4.69, 9.17) is 47.4 Å². The van der Waals surface area contributed by atoms with Crippen LogP contribution in [0.1, 0.15) is 69.4 Å². The Kier molecular flexibility index (Phi) is 23.8. The minimum absolute atomic E-state index is 0.0742. The Morgan fingerprint density at radius 1 is 0.667 bits per heavy atom. The molecule has 0 unspecified atom stereocenters. The Hall–Kier alpha value is -2.42. The number of allylic oxidation sites excluding steroid dienone is 2. The highest BCUT2D eigenvalue weighted by Gasteiger charge is 2.26. The Labute approximate surface area is 286 Å². The van der Waals surface area contributed by atoms with Gasteiger partial charge in [0.1, 0.15) is 24.7 Å². The lowest BCUT2D eigenvalue weighted by atomic mass is 9.84. The molecule has 0 bridgehead atoms. The summed E-state index contributed by atoms with van der Waals surface area (Å²) in [7, 11) is 3.24. The largest absolute Gasteiger partial charge is 0.424 e. The Balaban J connectivity index is 2.03. The molecular formula is C36H58O12. The molecule has 2 rings (SSSR count). The van der Waals surface area contributed by atoms with Crippen molar-refractivity contribution >= 4 is 11.9 Å². The van der Waals surface area contributed by atoms with Gasteiger partial charge in [-0.2, -0.15) is 0 Å². The second kappa shape index (κ2) is 27.4. The Morgan fingerprint density at radius 2 is 1.12 bits per heavy atom. The zero-order valence-electron chi connectivity index (χ0n) is 29.6. The van der Waals surface area contributed by atoms with Crippen LogP contribution in [-0.4, -0.2) is 119 Å². The predicted molar refractivity (Wildman–Crippen MR) is 180 cm³/mol. The summed E-state index contributed by atoms with van der Waals surface area (Å²) in [5, 5.41) is 0. The molecule has 0 aromatic heterocycles. The molecule has 1 aliphatic carbocycles. The summed E-state index contributed by atoms with van der Waals surface area (Å²) in [6.45, 7) is 8.71. The first kappa shape index (κ1) is 41.7. The van der Waals surface area contributed by atoms with Crippen molar-refractivity contribution in [1.29, 1.82) is 0 Å². The topological polar surface area (TPSA) is 126 Å². The van der Waals surface area contributed by atoms with Crippen LogP contribution in [0.2, 0.25) is 0 Å². The van der Waals surface area contributed by atoms with Crippen LogP contribution in [0, 0.1) is 0 Å². The lowest BCUT2D eigenvalue weighted by Gasteiger charge is -2.25. The standard InChI is InChI=1S/C36H58O12/c1-5-6-7-10-30-25-32(47-34(37)27-45-22-20-43-18-16-41-14-12-39-3)36(31-11-8-9-29(2)24-31)33(26-30)48-35(38)28-46-23-21-44-19-17-42-15-13-40-4/h24-26,31H,5-23,27-28H2,1-4H3/t31-/m0/s1. The van der Waals surface area contributed by atoms with Crippen molar-refractivity contribution in [1.82, 2.24) is 0 Å².